The Balaban J connectivity index is 1.86. The number of ether oxygens (including phenoxy) is 2. The number of amides is 1. The lowest BCUT2D eigenvalue weighted by atomic mass is 10.1. The van der Waals surface area contributed by atoms with Gasteiger partial charge in [-0.25, -0.2) is 0 Å². The van der Waals surface area contributed by atoms with E-state index in [0.29, 0.717) is 29.5 Å². The van der Waals surface area contributed by atoms with Gasteiger partial charge in [0.15, 0.2) is 17.7 Å². The highest BCUT2D eigenvalue weighted by Crippen LogP contribution is 2.27. The predicted molar refractivity (Wildman–Crippen MR) is 97.0 cm³/mol. The summed E-state index contributed by atoms with van der Waals surface area (Å²) in [5.74, 6) is 1.57. The zero-order chi connectivity index (χ0) is 18.2. The fourth-order valence-corrected chi connectivity index (χ4v) is 3.08. The maximum Gasteiger partial charge on any atom is 0.251 e. The third-order valence-electron chi connectivity index (χ3n) is 3.74. The summed E-state index contributed by atoms with van der Waals surface area (Å²) in [6, 6.07) is 10.9. The molecule has 7 heteroatoms. The Labute approximate surface area is 151 Å². The minimum atomic E-state index is -0.0191. The molecule has 0 atom stereocenters. The molecule has 0 bridgehead atoms. The first-order valence-electron chi connectivity index (χ1n) is 7.81. The van der Waals surface area contributed by atoms with Crippen molar-refractivity contribution in [2.24, 2.45) is 0 Å². The van der Waals surface area contributed by atoms with Crippen LogP contribution in [0.3, 0.4) is 0 Å². The minimum Gasteiger partial charge on any atom is -0.618 e. The minimum absolute atomic E-state index is 0.0191. The molecule has 25 heavy (non-hydrogen) atoms. The molecule has 1 amide bonds. The maximum atomic E-state index is 12.2. The van der Waals surface area contributed by atoms with Crippen LogP contribution in [0.5, 0.6) is 11.5 Å². The third-order valence-corrected chi connectivity index (χ3v) is 4.74. The first-order valence-corrected chi connectivity index (χ1v) is 8.79. The maximum absolute atomic E-state index is 12.2. The number of benzene rings is 1. The summed E-state index contributed by atoms with van der Waals surface area (Å²) in [6.07, 6.45) is 2.13. The lowest BCUT2D eigenvalue weighted by molar-refractivity contribution is -0.645. The van der Waals surface area contributed by atoms with Crippen molar-refractivity contribution < 1.29 is 19.0 Å². The summed E-state index contributed by atoms with van der Waals surface area (Å²) in [6.45, 7) is 0.584. The Hall–Kier alpha value is -2.41. The van der Waals surface area contributed by atoms with Crippen LogP contribution in [0.15, 0.2) is 47.6 Å². The van der Waals surface area contributed by atoms with Crippen LogP contribution in [0.4, 0.5) is 0 Å². The number of aromatic nitrogens is 1. The lowest BCUT2D eigenvalue weighted by Gasteiger charge is -2.17. The number of hydrogen-bond acceptors (Lipinski definition) is 5. The zero-order valence-corrected chi connectivity index (χ0v) is 15.4. The molecule has 0 saturated carbocycles. The van der Waals surface area contributed by atoms with Crippen LogP contribution in [-0.2, 0) is 11.2 Å². The number of carbonyl (C=O) groups is 1. The van der Waals surface area contributed by atoms with Gasteiger partial charge in [-0.2, -0.15) is 4.73 Å². The molecule has 0 N–H and O–H groups in total. The number of hydrogen-bond donors (Lipinski definition) is 0. The fourth-order valence-electron chi connectivity index (χ4n) is 2.23. The second-order valence-corrected chi connectivity index (χ2v) is 6.40. The van der Waals surface area contributed by atoms with E-state index in [2.05, 4.69) is 0 Å². The van der Waals surface area contributed by atoms with Gasteiger partial charge in [-0.3, -0.25) is 4.79 Å². The van der Waals surface area contributed by atoms with Gasteiger partial charge in [-0.15, -0.1) is 0 Å². The molecule has 1 aromatic heterocycles. The highest BCUT2D eigenvalue weighted by Gasteiger charge is 2.13. The van der Waals surface area contributed by atoms with E-state index in [-0.39, 0.29) is 11.7 Å². The van der Waals surface area contributed by atoms with Crippen molar-refractivity contribution in [3.63, 3.8) is 0 Å². The molecule has 1 aromatic carbocycles. The number of carbonyl (C=O) groups excluding carboxylic acids is 1. The SMILES string of the molecule is COc1ccc(CCN(C)C(=O)CSc2cccc[n+]2[O-])cc1OC. The average molecular weight is 362 g/mol. The fraction of sp³-hybridized carbons (Fsp3) is 0.333. The zero-order valence-electron chi connectivity index (χ0n) is 14.6. The van der Waals surface area contributed by atoms with Gasteiger partial charge < -0.3 is 19.6 Å². The normalized spacial score (nSPS) is 10.4. The summed E-state index contributed by atoms with van der Waals surface area (Å²) in [5.41, 5.74) is 1.06. The molecular formula is C18H22N2O4S. The highest BCUT2D eigenvalue weighted by atomic mass is 32.2. The molecule has 0 radical (unpaired) electrons. The first kappa shape index (κ1) is 18.9. The van der Waals surface area contributed by atoms with Crippen molar-refractivity contribution in [2.75, 3.05) is 33.6 Å². The number of rotatable bonds is 8. The van der Waals surface area contributed by atoms with Gasteiger partial charge in [0.2, 0.25) is 5.91 Å². The molecule has 134 valence electrons. The molecule has 0 fully saturated rings. The van der Waals surface area contributed by atoms with E-state index in [1.165, 1.54) is 18.0 Å². The lowest BCUT2D eigenvalue weighted by Crippen LogP contribution is -2.32. The van der Waals surface area contributed by atoms with Crippen LogP contribution < -0.4 is 14.2 Å². The van der Waals surface area contributed by atoms with Crippen molar-refractivity contribution in [1.82, 2.24) is 4.90 Å². The van der Waals surface area contributed by atoms with Crippen LogP contribution in [-0.4, -0.2) is 44.4 Å². The monoisotopic (exact) mass is 362 g/mol. The largest absolute Gasteiger partial charge is 0.618 e. The summed E-state index contributed by atoms with van der Waals surface area (Å²) >= 11 is 1.24. The smallest absolute Gasteiger partial charge is 0.251 e. The van der Waals surface area contributed by atoms with Gasteiger partial charge in [-0.05, 0) is 41.9 Å². The Morgan fingerprint density at radius 3 is 2.64 bits per heavy atom. The van der Waals surface area contributed by atoms with Gasteiger partial charge in [0.25, 0.3) is 5.03 Å². The standard InChI is InChI=1S/C18H22N2O4S/c1-19(17(21)13-25-18-6-4-5-10-20(18)22)11-9-14-7-8-15(23-2)16(12-14)24-3/h4-8,10,12H,9,11,13H2,1-3H3. The summed E-state index contributed by atoms with van der Waals surface area (Å²) in [4.78, 5) is 13.9. The van der Waals surface area contributed by atoms with Crippen LogP contribution in [0, 0.1) is 5.21 Å². The van der Waals surface area contributed by atoms with Gasteiger partial charge in [0.1, 0.15) is 0 Å². The Bertz CT molecular complexity index is 724. The van der Waals surface area contributed by atoms with E-state index < -0.39 is 0 Å². The second-order valence-electron chi connectivity index (χ2n) is 5.41. The topological polar surface area (TPSA) is 65.7 Å². The van der Waals surface area contributed by atoms with Gasteiger partial charge >= 0.3 is 0 Å². The number of likely N-dealkylation sites (N-methyl/N-ethyl adjacent to an activating group) is 1. The molecule has 2 aromatic rings. The molecule has 2 rings (SSSR count). The molecule has 0 saturated heterocycles. The van der Waals surface area contributed by atoms with Crippen LogP contribution in [0.1, 0.15) is 5.56 Å². The summed E-state index contributed by atoms with van der Waals surface area (Å²) in [7, 11) is 4.96. The summed E-state index contributed by atoms with van der Waals surface area (Å²) in [5, 5.41) is 12.1. The second kappa shape index (κ2) is 9.17. The van der Waals surface area contributed by atoms with Crippen LogP contribution >= 0.6 is 11.8 Å². The molecule has 0 aliphatic carbocycles. The van der Waals surface area contributed by atoms with Crippen LogP contribution in [0.25, 0.3) is 0 Å². The average Bonchev–Trinajstić information content (AvgIpc) is 2.64. The van der Waals surface area contributed by atoms with Crippen molar-refractivity contribution in [2.45, 2.75) is 11.4 Å². The van der Waals surface area contributed by atoms with Crippen molar-refractivity contribution >= 4 is 17.7 Å². The van der Waals surface area contributed by atoms with E-state index in [1.807, 2.05) is 18.2 Å². The number of pyridine rings is 1. The Morgan fingerprint density at radius 2 is 1.96 bits per heavy atom. The number of methoxy groups -OCH3 is 2. The highest BCUT2D eigenvalue weighted by molar-refractivity contribution is 7.99. The molecule has 0 aliphatic rings. The van der Waals surface area contributed by atoms with Crippen molar-refractivity contribution in [1.29, 1.82) is 0 Å². The molecular weight excluding hydrogens is 340 g/mol. The molecule has 1 heterocycles. The first-order chi connectivity index (χ1) is 12.0. The van der Waals surface area contributed by atoms with Crippen LogP contribution in [0.2, 0.25) is 0 Å². The predicted octanol–water partition coefficient (Wildman–Crippen LogP) is 2.13. The van der Waals surface area contributed by atoms with E-state index in [1.54, 1.807) is 44.4 Å². The Morgan fingerprint density at radius 1 is 1.20 bits per heavy atom. The molecule has 0 unspecified atom stereocenters. The van der Waals surface area contributed by atoms with Gasteiger partial charge in [-0.1, -0.05) is 6.07 Å². The van der Waals surface area contributed by atoms with E-state index in [9.17, 15) is 10.0 Å². The third kappa shape index (κ3) is 5.29. The molecule has 0 spiro atoms. The van der Waals surface area contributed by atoms with Gasteiger partial charge in [0, 0.05) is 25.7 Å². The quantitative estimate of drug-likeness (QED) is 0.409. The molecule has 0 aliphatic heterocycles. The summed E-state index contributed by atoms with van der Waals surface area (Å²) < 4.78 is 11.3. The number of nitrogens with zero attached hydrogens (tertiary/aromatic N) is 2. The number of thioether (sulfide) groups is 1. The molecule has 6 nitrogen and oxygen atoms in total. The van der Waals surface area contributed by atoms with Gasteiger partial charge in [0.05, 0.1) is 20.0 Å². The van der Waals surface area contributed by atoms with Crippen molar-refractivity contribution in [3.8, 4) is 11.5 Å². The van der Waals surface area contributed by atoms with E-state index >= 15 is 0 Å². The van der Waals surface area contributed by atoms with E-state index in [4.69, 9.17) is 9.47 Å². The van der Waals surface area contributed by atoms with E-state index in [0.717, 1.165) is 10.3 Å². The van der Waals surface area contributed by atoms with Crippen molar-refractivity contribution in [3.05, 3.63) is 53.4 Å². The Kier molecular flexibility index (Phi) is 6.94.